The van der Waals surface area contributed by atoms with Crippen LogP contribution in [-0.4, -0.2) is 82.6 Å². The monoisotopic (exact) mass is 701 g/mol. The summed E-state index contributed by atoms with van der Waals surface area (Å²) in [6, 6.07) is 13.7. The lowest BCUT2D eigenvalue weighted by molar-refractivity contribution is -0.139. The third-order valence-electron chi connectivity index (χ3n) is 8.28. The van der Waals surface area contributed by atoms with Crippen LogP contribution in [0.2, 0.25) is 0 Å². The van der Waals surface area contributed by atoms with Crippen molar-refractivity contribution in [2.45, 2.75) is 57.0 Å². The predicted octanol–water partition coefficient (Wildman–Crippen LogP) is 2.57. The smallest absolute Gasteiger partial charge is 0.407 e. The number of hydrogen-bond acceptors (Lipinski definition) is 9. The van der Waals surface area contributed by atoms with E-state index in [1.54, 1.807) is 6.92 Å². The Morgan fingerprint density at radius 1 is 1.00 bits per heavy atom. The Bertz CT molecular complexity index is 1690. The number of fused-ring (bicyclic) bond motifs is 3. The molecular weight excluding hydrogens is 658 g/mol. The topological polar surface area (TPSA) is 241 Å². The molecule has 2 aromatic carbocycles. The number of guanidine groups is 1. The number of carboxylic acid groups (broad SMARTS) is 1. The van der Waals surface area contributed by atoms with Crippen molar-refractivity contribution in [3.63, 3.8) is 0 Å². The Morgan fingerprint density at radius 3 is 2.29 bits per heavy atom. The maximum Gasteiger partial charge on any atom is 0.407 e. The van der Waals surface area contributed by atoms with Crippen molar-refractivity contribution in [3.05, 3.63) is 90.0 Å². The van der Waals surface area contributed by atoms with E-state index in [1.165, 1.54) is 18.6 Å². The average molecular weight is 702 g/mol. The van der Waals surface area contributed by atoms with Crippen molar-refractivity contribution in [1.29, 1.82) is 0 Å². The number of aromatic amines is 1. The van der Waals surface area contributed by atoms with E-state index in [-0.39, 0.29) is 50.9 Å². The summed E-state index contributed by atoms with van der Waals surface area (Å²) in [6.45, 7) is 1.96. The molecule has 270 valence electrons. The first-order valence-corrected chi connectivity index (χ1v) is 16.6. The minimum Gasteiger partial charge on any atom is -0.481 e. The number of rotatable bonds is 19. The fourth-order valence-corrected chi connectivity index (χ4v) is 5.94. The number of benzene rings is 2. The molecule has 51 heavy (non-hydrogen) atoms. The van der Waals surface area contributed by atoms with Gasteiger partial charge in [0, 0.05) is 43.3 Å². The number of nitrogens with zero attached hydrogens (tertiary/aromatic N) is 2. The summed E-state index contributed by atoms with van der Waals surface area (Å²) in [5.74, 6) is -4.35. The first-order chi connectivity index (χ1) is 24.5. The molecule has 3 aromatic rings. The normalized spacial score (nSPS) is 13.7. The fraction of sp³-hybridized carbons (Fsp3) is 0.361. The van der Waals surface area contributed by atoms with Gasteiger partial charge in [0.1, 0.15) is 6.61 Å². The summed E-state index contributed by atoms with van der Waals surface area (Å²) in [5, 5.41) is 14.7. The molecule has 3 atom stereocenters. The van der Waals surface area contributed by atoms with Gasteiger partial charge in [-0.3, -0.25) is 19.4 Å². The molecule has 0 bridgehead atoms. The van der Waals surface area contributed by atoms with E-state index >= 15 is 0 Å². The number of ketones is 1. The molecule has 0 saturated carbocycles. The standard InChI is InChI=1S/C36H43N7O8/c1-2-50-33(47)14-13-23(18-32(45)46)42-34(48)22(16-24-19-39-21-41-24)17-31(44)30(12-7-15-40-35(37)38)43-36(49)51-20-29-27-10-5-3-8-25(27)26-9-4-6-11-28(26)29/h3-6,8-11,13-14,19,21-23,29-30H,2,7,12,15-18,20H2,1H3,(H,39,41)(H,42,48)(H,43,49)(H,45,46)(H4,37,38,40)/b14-13+/t22-,23+,30-/m0/s1. The van der Waals surface area contributed by atoms with Gasteiger partial charge in [-0.25, -0.2) is 14.6 Å². The number of ether oxygens (including phenoxy) is 2. The number of carbonyl (C=O) groups is 5. The number of aromatic nitrogens is 2. The van der Waals surface area contributed by atoms with Crippen LogP contribution in [-0.2, 0) is 35.1 Å². The first kappa shape index (κ1) is 37.8. The van der Waals surface area contributed by atoms with Crippen LogP contribution < -0.4 is 22.1 Å². The van der Waals surface area contributed by atoms with Gasteiger partial charge in [0.05, 0.1) is 37.4 Å². The quantitative estimate of drug-likeness (QED) is 0.0349. The van der Waals surface area contributed by atoms with E-state index in [0.29, 0.717) is 12.1 Å². The lowest BCUT2D eigenvalue weighted by Crippen LogP contribution is -2.45. The van der Waals surface area contributed by atoms with E-state index in [1.807, 2.05) is 48.5 Å². The number of aliphatic carboxylic acids is 1. The molecule has 4 rings (SSSR count). The Balaban J connectivity index is 1.48. The summed E-state index contributed by atoms with van der Waals surface area (Å²) in [7, 11) is 0. The van der Waals surface area contributed by atoms with Gasteiger partial charge in [0.25, 0.3) is 0 Å². The molecule has 1 heterocycles. The van der Waals surface area contributed by atoms with Crippen molar-refractivity contribution in [2.75, 3.05) is 19.8 Å². The molecule has 1 aliphatic rings. The second-order valence-electron chi connectivity index (χ2n) is 11.9. The number of carboxylic acids is 1. The summed E-state index contributed by atoms with van der Waals surface area (Å²) < 4.78 is 10.5. The minimum absolute atomic E-state index is 0.0317. The SMILES string of the molecule is CCOC(=O)/C=C/[C@H](CC(=O)O)NC(=O)[C@H](CC(=O)[C@H](CCCN=C(N)N)NC(=O)OCC1c2ccccc2-c2ccccc21)Cc1cnc[nH]1. The lowest BCUT2D eigenvalue weighted by Gasteiger charge is -2.23. The van der Waals surface area contributed by atoms with E-state index < -0.39 is 54.1 Å². The summed E-state index contributed by atoms with van der Waals surface area (Å²) in [6.07, 6.45) is 4.04. The largest absolute Gasteiger partial charge is 0.481 e. The van der Waals surface area contributed by atoms with Gasteiger partial charge in [-0.1, -0.05) is 54.6 Å². The number of aliphatic imine (C=N–C) groups is 1. The fourth-order valence-electron chi connectivity index (χ4n) is 5.94. The number of amides is 2. The molecule has 0 radical (unpaired) electrons. The zero-order valence-corrected chi connectivity index (χ0v) is 28.2. The van der Waals surface area contributed by atoms with Crippen LogP contribution in [0.5, 0.6) is 0 Å². The Hall–Kier alpha value is -5.99. The highest BCUT2D eigenvalue weighted by Crippen LogP contribution is 2.44. The number of H-pyrrole nitrogens is 1. The maximum absolute atomic E-state index is 13.9. The number of Topliss-reactive ketones (excluding diaryl/α,β-unsaturated/α-hetero) is 1. The molecule has 15 nitrogen and oxygen atoms in total. The number of carbonyl (C=O) groups excluding carboxylic acids is 4. The molecule has 0 fully saturated rings. The first-order valence-electron chi connectivity index (χ1n) is 16.6. The van der Waals surface area contributed by atoms with Crippen molar-refractivity contribution in [3.8, 4) is 11.1 Å². The highest BCUT2D eigenvalue weighted by Gasteiger charge is 2.32. The summed E-state index contributed by atoms with van der Waals surface area (Å²) in [4.78, 5) is 74.9. The number of nitrogens with one attached hydrogen (secondary N) is 3. The van der Waals surface area contributed by atoms with E-state index in [9.17, 15) is 29.1 Å². The van der Waals surface area contributed by atoms with Gasteiger partial charge in [-0.05, 0) is 42.0 Å². The Kier molecular flexibility index (Phi) is 13.9. The van der Waals surface area contributed by atoms with Gasteiger partial charge in [0.2, 0.25) is 5.91 Å². The van der Waals surface area contributed by atoms with Crippen LogP contribution in [0.25, 0.3) is 11.1 Å². The lowest BCUT2D eigenvalue weighted by atomic mass is 9.91. The number of hydrogen-bond donors (Lipinski definition) is 6. The number of esters is 1. The van der Waals surface area contributed by atoms with Crippen LogP contribution >= 0.6 is 0 Å². The number of nitrogens with two attached hydrogens (primary N) is 2. The zero-order chi connectivity index (χ0) is 36.8. The predicted molar refractivity (Wildman–Crippen MR) is 187 cm³/mol. The highest BCUT2D eigenvalue weighted by molar-refractivity contribution is 5.92. The van der Waals surface area contributed by atoms with Crippen molar-refractivity contribution < 1.29 is 38.6 Å². The number of alkyl carbamates (subject to hydrolysis) is 1. The minimum atomic E-state index is -1.22. The second kappa shape index (κ2) is 18.7. The zero-order valence-electron chi connectivity index (χ0n) is 28.2. The average Bonchev–Trinajstić information content (AvgIpc) is 3.73. The van der Waals surface area contributed by atoms with Crippen LogP contribution in [0.1, 0.15) is 55.3 Å². The molecule has 1 aromatic heterocycles. The molecular formula is C36H43N7O8. The molecule has 2 amide bonds. The molecule has 1 aliphatic carbocycles. The molecule has 0 unspecified atom stereocenters. The molecule has 0 saturated heterocycles. The third kappa shape index (κ3) is 11.3. The highest BCUT2D eigenvalue weighted by atomic mass is 16.5. The maximum atomic E-state index is 13.9. The van der Waals surface area contributed by atoms with Gasteiger partial charge in [-0.2, -0.15) is 0 Å². The second-order valence-corrected chi connectivity index (χ2v) is 11.9. The van der Waals surface area contributed by atoms with Gasteiger partial charge < -0.3 is 41.7 Å². The van der Waals surface area contributed by atoms with Crippen LogP contribution in [0.15, 0.2) is 78.2 Å². The van der Waals surface area contributed by atoms with E-state index in [4.69, 9.17) is 20.9 Å². The molecule has 8 N–H and O–H groups in total. The molecule has 15 heteroatoms. The number of imidazole rings is 1. The Morgan fingerprint density at radius 2 is 1.69 bits per heavy atom. The summed E-state index contributed by atoms with van der Waals surface area (Å²) >= 11 is 0. The van der Waals surface area contributed by atoms with Crippen LogP contribution in [0, 0.1) is 5.92 Å². The van der Waals surface area contributed by atoms with Crippen molar-refractivity contribution >= 4 is 35.7 Å². The van der Waals surface area contributed by atoms with Crippen molar-refractivity contribution in [2.24, 2.45) is 22.4 Å². The molecule has 0 spiro atoms. The van der Waals surface area contributed by atoms with Crippen LogP contribution in [0.3, 0.4) is 0 Å². The van der Waals surface area contributed by atoms with E-state index in [2.05, 4.69) is 25.6 Å². The third-order valence-corrected chi connectivity index (χ3v) is 8.28. The Labute approximate surface area is 294 Å². The van der Waals surface area contributed by atoms with Gasteiger partial charge >= 0.3 is 18.0 Å². The van der Waals surface area contributed by atoms with Crippen LogP contribution in [0.4, 0.5) is 4.79 Å². The molecule has 0 aliphatic heterocycles. The van der Waals surface area contributed by atoms with Gasteiger partial charge in [0.15, 0.2) is 11.7 Å². The van der Waals surface area contributed by atoms with Crippen molar-refractivity contribution in [1.82, 2.24) is 20.6 Å². The van der Waals surface area contributed by atoms with E-state index in [0.717, 1.165) is 28.3 Å². The van der Waals surface area contributed by atoms with Gasteiger partial charge in [-0.15, -0.1) is 0 Å². The summed E-state index contributed by atoms with van der Waals surface area (Å²) in [5.41, 5.74) is 15.7.